The van der Waals surface area contributed by atoms with E-state index in [2.05, 4.69) is 4.98 Å². The molecular weight excluding hydrogens is 402 g/mol. The molecule has 1 aliphatic heterocycles. The Hall–Kier alpha value is -2.89. The number of piperazine rings is 1. The van der Waals surface area contributed by atoms with Crippen LogP contribution in [0, 0.1) is 5.92 Å². The summed E-state index contributed by atoms with van der Waals surface area (Å²) in [6, 6.07) is 11.2. The zero-order chi connectivity index (χ0) is 22.2. The third-order valence-corrected chi connectivity index (χ3v) is 6.62. The molecule has 6 nitrogen and oxygen atoms in total. The molecule has 4 rings (SSSR count). The van der Waals surface area contributed by atoms with Gasteiger partial charge in [-0.2, -0.15) is 0 Å². The van der Waals surface area contributed by atoms with Crippen LogP contribution in [0.4, 0.5) is 0 Å². The molecule has 1 aromatic heterocycles. The van der Waals surface area contributed by atoms with Crippen molar-refractivity contribution in [3.63, 3.8) is 0 Å². The second-order valence-corrected chi connectivity index (χ2v) is 8.87. The molecule has 1 saturated heterocycles. The van der Waals surface area contributed by atoms with Crippen LogP contribution in [-0.2, 0) is 11.2 Å². The Morgan fingerprint density at radius 3 is 2.41 bits per heavy atom. The second kappa shape index (κ2) is 11.1. The maximum absolute atomic E-state index is 13.0. The quantitative estimate of drug-likeness (QED) is 0.661. The predicted octanol–water partition coefficient (Wildman–Crippen LogP) is 3.96. The minimum atomic E-state index is 0.00367. The number of amides is 2. The molecule has 0 radical (unpaired) electrons. The van der Waals surface area contributed by atoms with Gasteiger partial charge >= 0.3 is 0 Å². The first-order valence-electron chi connectivity index (χ1n) is 11.9. The molecule has 2 fully saturated rings. The number of ether oxygens (including phenoxy) is 1. The van der Waals surface area contributed by atoms with Crippen LogP contribution in [0.25, 0.3) is 0 Å². The number of rotatable bonds is 7. The fourth-order valence-electron chi connectivity index (χ4n) is 4.67. The highest BCUT2D eigenvalue weighted by molar-refractivity contribution is 5.94. The second-order valence-electron chi connectivity index (χ2n) is 8.87. The SMILES string of the molecule is O=C(Cc1ccncc1)N1CCN(C(=O)c2cccc(OCCC3CCCCC3)c2)CC1. The molecule has 2 aliphatic rings. The Balaban J connectivity index is 1.24. The summed E-state index contributed by atoms with van der Waals surface area (Å²) in [6.45, 7) is 2.93. The Bertz CT molecular complexity index is 888. The molecule has 0 N–H and O–H groups in total. The normalized spacial score (nSPS) is 17.2. The molecule has 2 aromatic rings. The zero-order valence-electron chi connectivity index (χ0n) is 18.7. The van der Waals surface area contributed by atoms with E-state index >= 15 is 0 Å². The molecule has 2 heterocycles. The molecule has 1 saturated carbocycles. The van der Waals surface area contributed by atoms with Crippen molar-refractivity contribution in [2.24, 2.45) is 5.92 Å². The van der Waals surface area contributed by atoms with Crippen LogP contribution >= 0.6 is 0 Å². The minimum Gasteiger partial charge on any atom is -0.494 e. The van der Waals surface area contributed by atoms with Crippen LogP contribution in [0.1, 0.15) is 54.4 Å². The lowest BCUT2D eigenvalue weighted by Gasteiger charge is -2.35. The van der Waals surface area contributed by atoms with Crippen LogP contribution in [0.5, 0.6) is 5.75 Å². The van der Waals surface area contributed by atoms with E-state index in [1.165, 1.54) is 32.1 Å². The van der Waals surface area contributed by atoms with Gasteiger partial charge in [-0.15, -0.1) is 0 Å². The first kappa shape index (κ1) is 22.3. The average Bonchev–Trinajstić information content (AvgIpc) is 2.85. The molecule has 0 unspecified atom stereocenters. The van der Waals surface area contributed by atoms with Crippen molar-refractivity contribution >= 4 is 11.8 Å². The van der Waals surface area contributed by atoms with Crippen molar-refractivity contribution in [1.82, 2.24) is 14.8 Å². The Kier molecular flexibility index (Phi) is 7.75. The van der Waals surface area contributed by atoms with Crippen molar-refractivity contribution in [1.29, 1.82) is 0 Å². The highest BCUT2D eigenvalue weighted by atomic mass is 16.5. The van der Waals surface area contributed by atoms with Gasteiger partial charge in [0, 0.05) is 44.1 Å². The van der Waals surface area contributed by atoms with Crippen LogP contribution < -0.4 is 4.74 Å². The Morgan fingerprint density at radius 2 is 1.66 bits per heavy atom. The number of carbonyl (C=O) groups is 2. The monoisotopic (exact) mass is 435 g/mol. The molecular formula is C26H33N3O3. The van der Waals surface area contributed by atoms with Gasteiger partial charge in [-0.05, 0) is 48.2 Å². The van der Waals surface area contributed by atoms with Crippen LogP contribution in [0.2, 0.25) is 0 Å². The van der Waals surface area contributed by atoms with Gasteiger partial charge in [-0.1, -0.05) is 38.2 Å². The number of aromatic nitrogens is 1. The maximum atomic E-state index is 13.0. The maximum Gasteiger partial charge on any atom is 0.254 e. The van der Waals surface area contributed by atoms with Crippen molar-refractivity contribution < 1.29 is 14.3 Å². The third kappa shape index (κ3) is 6.09. The highest BCUT2D eigenvalue weighted by Crippen LogP contribution is 2.26. The number of pyridine rings is 1. The average molecular weight is 436 g/mol. The van der Waals surface area contributed by atoms with Crippen molar-refractivity contribution in [3.8, 4) is 5.75 Å². The molecule has 0 bridgehead atoms. The molecule has 6 heteroatoms. The van der Waals surface area contributed by atoms with Crippen LogP contribution in [0.15, 0.2) is 48.8 Å². The highest BCUT2D eigenvalue weighted by Gasteiger charge is 2.25. The van der Waals surface area contributed by atoms with Crippen molar-refractivity contribution in [2.45, 2.75) is 44.9 Å². The van der Waals surface area contributed by atoms with Gasteiger partial charge in [0.1, 0.15) is 5.75 Å². The van der Waals surface area contributed by atoms with Gasteiger partial charge in [-0.3, -0.25) is 14.6 Å². The van der Waals surface area contributed by atoms with Crippen molar-refractivity contribution in [2.75, 3.05) is 32.8 Å². The molecule has 170 valence electrons. The molecule has 1 aromatic carbocycles. The van der Waals surface area contributed by atoms with E-state index in [4.69, 9.17) is 4.74 Å². The van der Waals surface area contributed by atoms with Crippen LogP contribution in [0.3, 0.4) is 0 Å². The predicted molar refractivity (Wildman–Crippen MR) is 124 cm³/mol. The smallest absolute Gasteiger partial charge is 0.254 e. The van der Waals surface area contributed by atoms with Crippen LogP contribution in [-0.4, -0.2) is 59.4 Å². The third-order valence-electron chi connectivity index (χ3n) is 6.62. The first-order chi connectivity index (χ1) is 15.7. The number of hydrogen-bond donors (Lipinski definition) is 0. The molecule has 1 aliphatic carbocycles. The lowest BCUT2D eigenvalue weighted by Crippen LogP contribution is -2.51. The van der Waals surface area contributed by atoms with E-state index in [0.29, 0.717) is 44.8 Å². The summed E-state index contributed by atoms with van der Waals surface area (Å²) in [5.74, 6) is 1.64. The Morgan fingerprint density at radius 1 is 0.938 bits per heavy atom. The number of carbonyl (C=O) groups excluding carboxylic acids is 2. The summed E-state index contributed by atoms with van der Waals surface area (Å²) in [4.78, 5) is 33.2. The van der Waals surface area contributed by atoms with Gasteiger partial charge < -0.3 is 14.5 Å². The summed E-state index contributed by atoms with van der Waals surface area (Å²) >= 11 is 0. The summed E-state index contributed by atoms with van der Waals surface area (Å²) < 4.78 is 5.96. The summed E-state index contributed by atoms with van der Waals surface area (Å²) in [5.41, 5.74) is 1.61. The molecule has 32 heavy (non-hydrogen) atoms. The molecule has 2 amide bonds. The minimum absolute atomic E-state index is 0.00367. The van der Waals surface area contributed by atoms with Crippen molar-refractivity contribution in [3.05, 3.63) is 59.9 Å². The first-order valence-corrected chi connectivity index (χ1v) is 11.9. The summed E-state index contributed by atoms with van der Waals surface area (Å²) in [6.07, 6.45) is 11.6. The van der Waals surface area contributed by atoms with E-state index in [1.807, 2.05) is 46.2 Å². The largest absolute Gasteiger partial charge is 0.494 e. The van der Waals surface area contributed by atoms with E-state index in [1.54, 1.807) is 12.4 Å². The van der Waals surface area contributed by atoms with E-state index in [-0.39, 0.29) is 11.8 Å². The van der Waals surface area contributed by atoms with Gasteiger partial charge in [0.15, 0.2) is 0 Å². The summed E-state index contributed by atoms with van der Waals surface area (Å²) in [7, 11) is 0. The van der Waals surface area contributed by atoms with Gasteiger partial charge in [0.2, 0.25) is 5.91 Å². The Labute approximate surface area is 190 Å². The summed E-state index contributed by atoms with van der Waals surface area (Å²) in [5, 5.41) is 0. The standard InChI is InChI=1S/C26H33N3O3/c30-25(19-22-9-12-27-13-10-22)28-14-16-29(17-15-28)26(31)23-7-4-8-24(20-23)32-18-11-21-5-2-1-3-6-21/h4,7-10,12-13,20-21H,1-3,5-6,11,14-19H2. The van der Waals surface area contributed by atoms with E-state index < -0.39 is 0 Å². The topological polar surface area (TPSA) is 62.7 Å². The molecule has 0 atom stereocenters. The van der Waals surface area contributed by atoms with E-state index in [9.17, 15) is 9.59 Å². The fourth-order valence-corrected chi connectivity index (χ4v) is 4.67. The number of nitrogens with zero attached hydrogens (tertiary/aromatic N) is 3. The fraction of sp³-hybridized carbons (Fsp3) is 0.500. The lowest BCUT2D eigenvalue weighted by molar-refractivity contribution is -0.131. The number of benzene rings is 1. The van der Waals surface area contributed by atoms with Gasteiger partial charge in [-0.25, -0.2) is 0 Å². The van der Waals surface area contributed by atoms with Gasteiger partial charge in [0.05, 0.1) is 13.0 Å². The number of hydrogen-bond acceptors (Lipinski definition) is 4. The lowest BCUT2D eigenvalue weighted by atomic mass is 9.87. The molecule has 0 spiro atoms. The van der Waals surface area contributed by atoms with Gasteiger partial charge in [0.25, 0.3) is 5.91 Å². The van der Waals surface area contributed by atoms with E-state index in [0.717, 1.165) is 23.7 Å². The zero-order valence-corrected chi connectivity index (χ0v) is 18.7.